The van der Waals surface area contributed by atoms with E-state index >= 15 is 0 Å². The fourth-order valence-corrected chi connectivity index (χ4v) is 2.43. The Balaban J connectivity index is 2.01. The zero-order chi connectivity index (χ0) is 14.0. The first-order valence-electron chi connectivity index (χ1n) is 6.80. The van der Waals surface area contributed by atoms with Gasteiger partial charge in [0, 0.05) is 18.0 Å². The molecule has 6 nitrogen and oxygen atoms in total. The van der Waals surface area contributed by atoms with Crippen LogP contribution in [0.15, 0.2) is 0 Å². The maximum Gasteiger partial charge on any atom is 0.147 e. The van der Waals surface area contributed by atoms with E-state index in [2.05, 4.69) is 19.7 Å². The maximum atomic E-state index is 9.34. The third-order valence-electron chi connectivity index (χ3n) is 3.68. The highest BCUT2D eigenvalue weighted by atomic mass is 16.3. The number of hydrogen-bond acceptors (Lipinski definition) is 5. The number of nitrogens with zero attached hydrogens (tertiary/aromatic N) is 4. The van der Waals surface area contributed by atoms with Gasteiger partial charge < -0.3 is 14.8 Å². The number of aromatic nitrogens is 3. The summed E-state index contributed by atoms with van der Waals surface area (Å²) >= 11 is 0. The lowest BCUT2D eigenvalue weighted by atomic mass is 9.92. The van der Waals surface area contributed by atoms with Gasteiger partial charge in [0.05, 0.1) is 19.8 Å². The largest absolute Gasteiger partial charge is 0.396 e. The molecule has 1 aliphatic rings. The number of hydrogen-bond donors (Lipinski definition) is 2. The first-order valence-corrected chi connectivity index (χ1v) is 6.80. The molecule has 19 heavy (non-hydrogen) atoms. The minimum absolute atomic E-state index is 0.0256. The van der Waals surface area contributed by atoms with E-state index in [1.807, 2.05) is 20.9 Å². The van der Waals surface area contributed by atoms with Gasteiger partial charge in [0.15, 0.2) is 0 Å². The van der Waals surface area contributed by atoms with Crippen molar-refractivity contribution in [2.45, 2.75) is 39.3 Å². The summed E-state index contributed by atoms with van der Waals surface area (Å²) in [7, 11) is 1.98. The Hall–Kier alpha value is -0.980. The van der Waals surface area contributed by atoms with E-state index in [-0.39, 0.29) is 13.2 Å². The Kier molecular flexibility index (Phi) is 4.23. The highest BCUT2D eigenvalue weighted by molar-refractivity contribution is 5.01. The van der Waals surface area contributed by atoms with Gasteiger partial charge in [0.25, 0.3) is 0 Å². The maximum absolute atomic E-state index is 9.34. The fourth-order valence-electron chi connectivity index (χ4n) is 2.43. The lowest BCUT2D eigenvalue weighted by Crippen LogP contribution is -2.39. The Bertz CT molecular complexity index is 424. The number of rotatable bonds is 7. The lowest BCUT2D eigenvalue weighted by molar-refractivity contribution is 0.0393. The van der Waals surface area contributed by atoms with Crippen molar-refractivity contribution in [3.63, 3.8) is 0 Å². The van der Waals surface area contributed by atoms with Crippen molar-refractivity contribution in [2.75, 3.05) is 26.8 Å². The number of aryl methyl sites for hydroxylation is 1. The summed E-state index contributed by atoms with van der Waals surface area (Å²) in [5.74, 6) is 1.94. The molecular formula is C13H24N4O2. The molecule has 1 saturated carbocycles. The van der Waals surface area contributed by atoms with E-state index in [0.29, 0.717) is 19.1 Å². The predicted octanol–water partition coefficient (Wildman–Crippen LogP) is 0.344. The van der Waals surface area contributed by atoms with Gasteiger partial charge in [-0.2, -0.15) is 0 Å². The molecule has 0 radical (unpaired) electrons. The highest BCUT2D eigenvalue weighted by Gasteiger charge is 2.29. The highest BCUT2D eigenvalue weighted by Crippen LogP contribution is 2.36. The van der Waals surface area contributed by atoms with Gasteiger partial charge in [-0.05, 0) is 26.8 Å². The van der Waals surface area contributed by atoms with Crippen LogP contribution in [-0.4, -0.2) is 56.7 Å². The first-order chi connectivity index (χ1) is 8.99. The molecule has 0 aliphatic heterocycles. The minimum atomic E-state index is -0.478. The van der Waals surface area contributed by atoms with Crippen LogP contribution in [0.4, 0.5) is 0 Å². The fraction of sp³-hybridized carbons (Fsp3) is 0.846. The lowest BCUT2D eigenvalue weighted by Gasteiger charge is -2.30. The summed E-state index contributed by atoms with van der Waals surface area (Å²) in [5, 5.41) is 27.1. The van der Waals surface area contributed by atoms with Crippen LogP contribution >= 0.6 is 0 Å². The molecular weight excluding hydrogens is 244 g/mol. The molecule has 0 atom stereocenters. The average molecular weight is 268 g/mol. The van der Waals surface area contributed by atoms with Crippen LogP contribution in [0, 0.1) is 12.3 Å². The molecule has 0 aromatic carbocycles. The Morgan fingerprint density at radius 3 is 2.47 bits per heavy atom. The van der Waals surface area contributed by atoms with Gasteiger partial charge in [-0.3, -0.25) is 4.90 Å². The van der Waals surface area contributed by atoms with E-state index in [4.69, 9.17) is 0 Å². The monoisotopic (exact) mass is 268 g/mol. The topological polar surface area (TPSA) is 74.4 Å². The molecule has 1 aromatic rings. The molecule has 0 amide bonds. The summed E-state index contributed by atoms with van der Waals surface area (Å²) in [6.07, 6.45) is 2.42. The molecule has 0 spiro atoms. The standard InChI is InChI=1S/C13H24N4O2/c1-10-14-15-12(17(10)11-4-5-11)6-16(3)7-13(2,8-18)9-19/h11,18-19H,4-9H2,1-3H3. The normalized spacial score (nSPS) is 16.3. The Morgan fingerprint density at radius 1 is 1.32 bits per heavy atom. The van der Waals surface area contributed by atoms with Crippen molar-refractivity contribution >= 4 is 0 Å². The summed E-state index contributed by atoms with van der Waals surface area (Å²) in [6.45, 7) is 5.12. The molecule has 1 aromatic heterocycles. The van der Waals surface area contributed by atoms with Crippen LogP contribution < -0.4 is 0 Å². The third kappa shape index (κ3) is 3.32. The zero-order valence-corrected chi connectivity index (χ0v) is 12.0. The Morgan fingerprint density at radius 2 is 1.95 bits per heavy atom. The van der Waals surface area contributed by atoms with Crippen molar-refractivity contribution in [1.29, 1.82) is 0 Å². The smallest absolute Gasteiger partial charge is 0.147 e. The molecule has 0 saturated heterocycles. The van der Waals surface area contributed by atoms with E-state index in [1.54, 1.807) is 0 Å². The van der Waals surface area contributed by atoms with Gasteiger partial charge in [0.1, 0.15) is 11.6 Å². The van der Waals surface area contributed by atoms with Gasteiger partial charge in [0.2, 0.25) is 0 Å². The number of aliphatic hydroxyl groups excluding tert-OH is 2. The van der Waals surface area contributed by atoms with Crippen molar-refractivity contribution in [3.05, 3.63) is 11.6 Å². The quantitative estimate of drug-likeness (QED) is 0.746. The molecule has 2 N–H and O–H groups in total. The third-order valence-corrected chi connectivity index (χ3v) is 3.68. The van der Waals surface area contributed by atoms with Crippen molar-refractivity contribution < 1.29 is 10.2 Å². The van der Waals surface area contributed by atoms with Gasteiger partial charge >= 0.3 is 0 Å². The van der Waals surface area contributed by atoms with E-state index in [0.717, 1.165) is 11.6 Å². The molecule has 108 valence electrons. The Labute approximate surface area is 114 Å². The molecule has 1 heterocycles. The SMILES string of the molecule is Cc1nnc(CN(C)CC(C)(CO)CO)n1C1CC1. The van der Waals surface area contributed by atoms with Crippen molar-refractivity contribution in [1.82, 2.24) is 19.7 Å². The van der Waals surface area contributed by atoms with Gasteiger partial charge in [-0.15, -0.1) is 10.2 Å². The van der Waals surface area contributed by atoms with E-state index in [1.165, 1.54) is 12.8 Å². The zero-order valence-electron chi connectivity index (χ0n) is 12.0. The average Bonchev–Trinajstić information content (AvgIpc) is 3.15. The van der Waals surface area contributed by atoms with Crippen molar-refractivity contribution in [2.24, 2.45) is 5.41 Å². The van der Waals surface area contributed by atoms with Gasteiger partial charge in [-0.25, -0.2) is 0 Å². The summed E-state index contributed by atoms with van der Waals surface area (Å²) in [4.78, 5) is 2.08. The molecule has 6 heteroatoms. The van der Waals surface area contributed by atoms with Crippen LogP contribution in [0.2, 0.25) is 0 Å². The second-order valence-electron chi connectivity index (χ2n) is 6.06. The molecule has 2 rings (SSSR count). The van der Waals surface area contributed by atoms with Crippen LogP contribution in [0.3, 0.4) is 0 Å². The van der Waals surface area contributed by atoms with Crippen LogP contribution in [0.1, 0.15) is 37.5 Å². The van der Waals surface area contributed by atoms with Crippen LogP contribution in [0.5, 0.6) is 0 Å². The summed E-state index contributed by atoms with van der Waals surface area (Å²) in [6, 6.07) is 0.570. The predicted molar refractivity (Wildman–Crippen MR) is 71.6 cm³/mol. The van der Waals surface area contributed by atoms with Gasteiger partial charge in [-0.1, -0.05) is 6.92 Å². The van der Waals surface area contributed by atoms with E-state index in [9.17, 15) is 10.2 Å². The summed E-state index contributed by atoms with van der Waals surface area (Å²) < 4.78 is 2.21. The van der Waals surface area contributed by atoms with Crippen LogP contribution in [0.25, 0.3) is 0 Å². The van der Waals surface area contributed by atoms with Crippen molar-refractivity contribution in [3.8, 4) is 0 Å². The molecule has 1 fully saturated rings. The molecule has 0 unspecified atom stereocenters. The van der Waals surface area contributed by atoms with E-state index < -0.39 is 5.41 Å². The summed E-state index contributed by atoms with van der Waals surface area (Å²) in [5.41, 5.74) is -0.478. The first kappa shape index (κ1) is 14.4. The molecule has 0 bridgehead atoms. The van der Waals surface area contributed by atoms with Crippen LogP contribution in [-0.2, 0) is 6.54 Å². The minimum Gasteiger partial charge on any atom is -0.396 e. The second-order valence-corrected chi connectivity index (χ2v) is 6.06. The number of aliphatic hydroxyl groups is 2. The molecule has 1 aliphatic carbocycles. The second kappa shape index (κ2) is 5.56.